The minimum atomic E-state index is -0.324. The molecule has 0 unspecified atom stereocenters. The van der Waals surface area contributed by atoms with Gasteiger partial charge in [0.05, 0.1) is 6.61 Å². The molecule has 8 heteroatoms. The first kappa shape index (κ1) is 18.4. The van der Waals surface area contributed by atoms with Gasteiger partial charge in [0.1, 0.15) is 6.04 Å². The molecule has 0 aromatic carbocycles. The van der Waals surface area contributed by atoms with Crippen molar-refractivity contribution in [3.63, 3.8) is 0 Å². The number of aromatic nitrogens is 1. The SMILES string of the molecule is O=C([C@H]1[C@@H]2C[C@@H](CN(c3nccs3)C2)[C@@H]2CCCC(=O)N21)N1CCCOCC1. The number of hydrogen-bond acceptors (Lipinski definition) is 6. The number of nitrogens with zero attached hydrogens (tertiary/aromatic N) is 4. The minimum absolute atomic E-state index is 0.134. The maximum Gasteiger partial charge on any atom is 0.245 e. The van der Waals surface area contributed by atoms with Crippen molar-refractivity contribution in [2.45, 2.75) is 44.2 Å². The van der Waals surface area contributed by atoms with Crippen LogP contribution in [0.4, 0.5) is 5.13 Å². The van der Waals surface area contributed by atoms with Crippen LogP contribution in [0, 0.1) is 11.8 Å². The van der Waals surface area contributed by atoms with E-state index < -0.39 is 0 Å². The molecule has 0 aliphatic carbocycles. The lowest BCUT2D eigenvalue weighted by molar-refractivity contribution is -0.161. The van der Waals surface area contributed by atoms with Crippen LogP contribution in [0.3, 0.4) is 0 Å². The molecule has 152 valence electrons. The molecular weight excluding hydrogens is 376 g/mol. The molecule has 1 aromatic rings. The molecule has 4 aliphatic rings. The Morgan fingerprint density at radius 1 is 1.18 bits per heavy atom. The maximum absolute atomic E-state index is 13.6. The third-order valence-corrected chi connectivity index (χ3v) is 7.65. The number of rotatable bonds is 2. The van der Waals surface area contributed by atoms with Crippen LogP contribution in [0.5, 0.6) is 0 Å². The molecule has 28 heavy (non-hydrogen) atoms. The highest BCUT2D eigenvalue weighted by Crippen LogP contribution is 2.43. The molecule has 0 spiro atoms. The molecule has 0 saturated carbocycles. The molecule has 0 N–H and O–H groups in total. The number of carbonyl (C=O) groups is 2. The largest absolute Gasteiger partial charge is 0.380 e. The molecule has 0 radical (unpaired) electrons. The van der Waals surface area contributed by atoms with Crippen LogP contribution in [0.2, 0.25) is 0 Å². The van der Waals surface area contributed by atoms with Crippen molar-refractivity contribution in [3.05, 3.63) is 11.6 Å². The Morgan fingerprint density at radius 2 is 2.07 bits per heavy atom. The van der Waals surface area contributed by atoms with Gasteiger partial charge in [0.2, 0.25) is 11.8 Å². The van der Waals surface area contributed by atoms with Gasteiger partial charge >= 0.3 is 0 Å². The maximum atomic E-state index is 13.6. The van der Waals surface area contributed by atoms with E-state index in [4.69, 9.17) is 4.74 Å². The summed E-state index contributed by atoms with van der Waals surface area (Å²) in [6, 6.07) is -0.132. The van der Waals surface area contributed by atoms with Crippen LogP contribution >= 0.6 is 11.3 Å². The Morgan fingerprint density at radius 3 is 2.93 bits per heavy atom. The van der Waals surface area contributed by atoms with Crippen LogP contribution in [0.15, 0.2) is 11.6 Å². The van der Waals surface area contributed by atoms with Crippen molar-refractivity contribution in [1.29, 1.82) is 0 Å². The molecule has 5 heterocycles. The smallest absolute Gasteiger partial charge is 0.245 e. The zero-order chi connectivity index (χ0) is 19.1. The van der Waals surface area contributed by atoms with E-state index in [1.807, 2.05) is 21.4 Å². The number of thiazole rings is 1. The van der Waals surface area contributed by atoms with Gasteiger partial charge in [-0.2, -0.15) is 0 Å². The van der Waals surface area contributed by atoms with Gasteiger partial charge in [0.25, 0.3) is 0 Å². The lowest BCUT2D eigenvalue weighted by Gasteiger charge is -2.56. The predicted molar refractivity (Wildman–Crippen MR) is 106 cm³/mol. The first-order valence-corrected chi connectivity index (χ1v) is 11.4. The van der Waals surface area contributed by atoms with E-state index in [1.165, 1.54) is 0 Å². The monoisotopic (exact) mass is 404 g/mol. The van der Waals surface area contributed by atoms with Crippen LogP contribution in [0.25, 0.3) is 0 Å². The number of carbonyl (C=O) groups excluding carboxylic acids is 2. The van der Waals surface area contributed by atoms with Gasteiger partial charge in [-0.1, -0.05) is 0 Å². The highest BCUT2D eigenvalue weighted by atomic mass is 32.1. The zero-order valence-electron chi connectivity index (χ0n) is 16.2. The molecule has 7 nitrogen and oxygen atoms in total. The summed E-state index contributed by atoms with van der Waals surface area (Å²) < 4.78 is 5.55. The highest BCUT2D eigenvalue weighted by molar-refractivity contribution is 7.13. The zero-order valence-corrected chi connectivity index (χ0v) is 17.0. The van der Waals surface area contributed by atoms with Crippen molar-refractivity contribution >= 4 is 28.3 Å². The first-order chi connectivity index (χ1) is 13.7. The predicted octanol–water partition coefficient (Wildman–Crippen LogP) is 1.60. The number of ether oxygens (including phenoxy) is 1. The van der Waals surface area contributed by atoms with Gasteiger partial charge in [-0.3, -0.25) is 9.59 Å². The Hall–Kier alpha value is -1.67. The van der Waals surface area contributed by atoms with Crippen molar-refractivity contribution in [2.24, 2.45) is 11.8 Å². The van der Waals surface area contributed by atoms with E-state index in [2.05, 4.69) is 9.88 Å². The number of anilines is 1. The molecule has 4 fully saturated rings. The summed E-state index contributed by atoms with van der Waals surface area (Å²) in [5, 5.41) is 3.05. The standard InChI is InChI=1S/C20H28N4O3S/c25-17-4-1-3-16-14-11-15(13-23(12-14)20-21-5-10-28-20)18(24(16)17)19(26)22-6-2-8-27-9-7-22/h5,10,14-16,18H,1-4,6-9,11-13H2/t14-,15+,16-,18+/m0/s1. The van der Waals surface area contributed by atoms with Crippen molar-refractivity contribution in [2.75, 3.05) is 44.3 Å². The minimum Gasteiger partial charge on any atom is -0.380 e. The van der Waals surface area contributed by atoms with Crippen LogP contribution in [0.1, 0.15) is 32.1 Å². The number of piperidine rings is 3. The summed E-state index contributed by atoms with van der Waals surface area (Å²) in [6.45, 7) is 4.42. The lowest BCUT2D eigenvalue weighted by atomic mass is 9.71. The van der Waals surface area contributed by atoms with Gasteiger partial charge in [-0.25, -0.2) is 4.98 Å². The summed E-state index contributed by atoms with van der Waals surface area (Å²) >= 11 is 1.66. The number of hydrogen-bond donors (Lipinski definition) is 0. The number of amides is 2. The molecule has 2 amide bonds. The van der Waals surface area contributed by atoms with Crippen molar-refractivity contribution in [3.8, 4) is 0 Å². The second-order valence-corrected chi connectivity index (χ2v) is 9.35. The molecule has 5 rings (SSSR count). The second kappa shape index (κ2) is 7.63. The average Bonchev–Trinajstić information content (AvgIpc) is 3.11. The van der Waals surface area contributed by atoms with E-state index >= 15 is 0 Å². The topological polar surface area (TPSA) is 66.0 Å². The van der Waals surface area contributed by atoms with E-state index in [0.29, 0.717) is 32.1 Å². The fraction of sp³-hybridized carbons (Fsp3) is 0.750. The fourth-order valence-electron chi connectivity index (χ4n) is 5.66. The Bertz CT molecular complexity index is 719. The highest BCUT2D eigenvalue weighted by Gasteiger charge is 2.53. The van der Waals surface area contributed by atoms with Gasteiger partial charge in [-0.05, 0) is 31.6 Å². The van der Waals surface area contributed by atoms with Gasteiger partial charge in [-0.15, -0.1) is 11.3 Å². The molecule has 4 atom stereocenters. The Labute approximate surface area is 169 Å². The van der Waals surface area contributed by atoms with Gasteiger partial charge in [0.15, 0.2) is 5.13 Å². The number of fused-ring (bicyclic) bond motifs is 4. The second-order valence-electron chi connectivity index (χ2n) is 8.47. The lowest BCUT2D eigenvalue weighted by Crippen LogP contribution is -2.68. The summed E-state index contributed by atoms with van der Waals surface area (Å²) in [7, 11) is 0. The summed E-state index contributed by atoms with van der Waals surface area (Å²) in [4.78, 5) is 37.4. The average molecular weight is 405 g/mol. The van der Waals surface area contributed by atoms with Gasteiger partial charge < -0.3 is 19.4 Å². The molecule has 4 aliphatic heterocycles. The van der Waals surface area contributed by atoms with E-state index in [9.17, 15) is 9.59 Å². The Kier molecular flexibility index (Phi) is 5.00. The summed E-state index contributed by atoms with van der Waals surface area (Å²) in [6.07, 6.45) is 6.30. The van der Waals surface area contributed by atoms with Crippen molar-refractivity contribution in [1.82, 2.24) is 14.8 Å². The quantitative estimate of drug-likeness (QED) is 0.749. The van der Waals surface area contributed by atoms with Crippen molar-refractivity contribution < 1.29 is 14.3 Å². The molecular formula is C20H28N4O3S. The molecule has 4 saturated heterocycles. The Balaban J connectivity index is 1.45. The summed E-state index contributed by atoms with van der Waals surface area (Å²) in [5.41, 5.74) is 0. The first-order valence-electron chi connectivity index (χ1n) is 10.5. The summed E-state index contributed by atoms with van der Waals surface area (Å²) in [5.74, 6) is 0.925. The van der Waals surface area contributed by atoms with Crippen LogP contribution in [-0.2, 0) is 14.3 Å². The molecule has 1 aromatic heterocycles. The fourth-order valence-corrected chi connectivity index (χ4v) is 6.32. The normalized spacial score (nSPS) is 33.4. The third-order valence-electron chi connectivity index (χ3n) is 6.82. The third kappa shape index (κ3) is 3.20. The molecule has 2 bridgehead atoms. The van der Waals surface area contributed by atoms with E-state index in [0.717, 1.165) is 50.4 Å². The van der Waals surface area contributed by atoms with Gasteiger partial charge in [0, 0.05) is 62.7 Å². The van der Waals surface area contributed by atoms with Crippen LogP contribution < -0.4 is 4.90 Å². The van der Waals surface area contributed by atoms with E-state index in [-0.39, 0.29) is 29.8 Å². The van der Waals surface area contributed by atoms with Crippen LogP contribution in [-0.4, -0.2) is 78.1 Å². The van der Waals surface area contributed by atoms with E-state index in [1.54, 1.807) is 11.3 Å².